The summed E-state index contributed by atoms with van der Waals surface area (Å²) in [5, 5.41) is 8.82. The van der Waals surface area contributed by atoms with E-state index < -0.39 is 0 Å². The molecule has 0 unspecified atom stereocenters. The highest BCUT2D eigenvalue weighted by Gasteiger charge is 2.26. The highest BCUT2D eigenvalue weighted by Crippen LogP contribution is 2.23. The molecule has 0 N–H and O–H groups in total. The van der Waals surface area contributed by atoms with Crippen LogP contribution < -0.4 is 4.74 Å². The monoisotopic (exact) mass is 320 g/mol. The zero-order valence-electron chi connectivity index (χ0n) is 13.1. The number of hydrogen-bond donors (Lipinski definition) is 0. The Morgan fingerprint density at radius 1 is 1.08 bits per heavy atom. The maximum absolute atomic E-state index is 11.9. The number of nitriles is 1. The van der Waals surface area contributed by atoms with Crippen molar-refractivity contribution in [3.8, 4) is 22.9 Å². The van der Waals surface area contributed by atoms with Gasteiger partial charge in [0, 0.05) is 13.0 Å². The number of rotatable bonds is 4. The first-order valence-corrected chi connectivity index (χ1v) is 7.74. The summed E-state index contributed by atoms with van der Waals surface area (Å²) < 4.78 is 5.47. The van der Waals surface area contributed by atoms with Crippen LogP contribution in [0.4, 0.5) is 0 Å². The van der Waals surface area contributed by atoms with E-state index in [2.05, 4.69) is 6.07 Å². The van der Waals surface area contributed by atoms with Gasteiger partial charge < -0.3 is 4.74 Å². The standard InChI is InChI=1S/C19H16N2O3/c20-12-14-3-5-15(6-4-14)16-7-9-17(10-8-16)24-13-19(23)21-11-1-2-18(21)22/h3-10H,1-2,11,13H2. The number of carbonyl (C=O) groups is 2. The van der Waals surface area contributed by atoms with Crippen LogP contribution in [0, 0.1) is 11.3 Å². The zero-order chi connectivity index (χ0) is 16.9. The number of nitrogens with zero attached hydrogens (tertiary/aromatic N) is 2. The predicted octanol–water partition coefficient (Wildman–Crippen LogP) is 2.75. The quantitative estimate of drug-likeness (QED) is 0.868. The van der Waals surface area contributed by atoms with Gasteiger partial charge in [-0.3, -0.25) is 14.5 Å². The first-order valence-electron chi connectivity index (χ1n) is 7.74. The van der Waals surface area contributed by atoms with Crippen molar-refractivity contribution in [2.75, 3.05) is 13.2 Å². The molecule has 0 saturated carbocycles. The Labute approximate surface area is 140 Å². The van der Waals surface area contributed by atoms with Gasteiger partial charge in [0.2, 0.25) is 5.91 Å². The average molecular weight is 320 g/mol. The van der Waals surface area contributed by atoms with Crippen LogP contribution in [0.5, 0.6) is 5.75 Å². The van der Waals surface area contributed by atoms with Crippen molar-refractivity contribution in [2.45, 2.75) is 12.8 Å². The molecular formula is C19H16N2O3. The summed E-state index contributed by atoms with van der Waals surface area (Å²) in [6.07, 6.45) is 1.16. The lowest BCUT2D eigenvalue weighted by Gasteiger charge is -2.14. The largest absolute Gasteiger partial charge is 0.484 e. The third-order valence-corrected chi connectivity index (χ3v) is 3.94. The fourth-order valence-electron chi connectivity index (χ4n) is 2.62. The summed E-state index contributed by atoms with van der Waals surface area (Å²) in [7, 11) is 0. The van der Waals surface area contributed by atoms with Gasteiger partial charge in [-0.15, -0.1) is 0 Å². The Kier molecular flexibility index (Phi) is 4.57. The maximum Gasteiger partial charge on any atom is 0.267 e. The lowest BCUT2D eigenvalue weighted by molar-refractivity contribution is -0.143. The topological polar surface area (TPSA) is 70.4 Å². The number of hydrogen-bond acceptors (Lipinski definition) is 4. The van der Waals surface area contributed by atoms with Gasteiger partial charge in [-0.25, -0.2) is 0 Å². The van der Waals surface area contributed by atoms with E-state index in [1.807, 2.05) is 24.3 Å². The van der Waals surface area contributed by atoms with Gasteiger partial charge in [0.25, 0.3) is 5.91 Å². The van der Waals surface area contributed by atoms with E-state index in [0.717, 1.165) is 17.5 Å². The van der Waals surface area contributed by atoms with Crippen LogP contribution in [0.1, 0.15) is 18.4 Å². The minimum atomic E-state index is -0.298. The summed E-state index contributed by atoms with van der Waals surface area (Å²) >= 11 is 0. The van der Waals surface area contributed by atoms with Crippen molar-refractivity contribution in [3.05, 3.63) is 54.1 Å². The van der Waals surface area contributed by atoms with Crippen LogP contribution in [0.15, 0.2) is 48.5 Å². The second-order valence-electron chi connectivity index (χ2n) is 5.54. The van der Waals surface area contributed by atoms with Gasteiger partial charge in [-0.1, -0.05) is 24.3 Å². The first kappa shape index (κ1) is 15.8. The van der Waals surface area contributed by atoms with Gasteiger partial charge in [-0.05, 0) is 41.8 Å². The Balaban J connectivity index is 1.61. The van der Waals surface area contributed by atoms with Crippen LogP contribution in [-0.4, -0.2) is 29.9 Å². The van der Waals surface area contributed by atoms with E-state index in [4.69, 9.17) is 10.00 Å². The van der Waals surface area contributed by atoms with Crippen molar-refractivity contribution in [2.24, 2.45) is 0 Å². The van der Waals surface area contributed by atoms with E-state index in [1.165, 1.54) is 4.90 Å². The van der Waals surface area contributed by atoms with Gasteiger partial charge >= 0.3 is 0 Å². The summed E-state index contributed by atoms with van der Waals surface area (Å²) in [5.74, 6) is 0.154. The van der Waals surface area contributed by atoms with Crippen molar-refractivity contribution < 1.29 is 14.3 Å². The molecule has 0 aliphatic carbocycles. The van der Waals surface area contributed by atoms with Crippen molar-refractivity contribution in [1.29, 1.82) is 5.26 Å². The summed E-state index contributed by atoms with van der Waals surface area (Å²) in [6, 6.07) is 16.7. The number of carbonyl (C=O) groups excluding carboxylic acids is 2. The lowest BCUT2D eigenvalue weighted by atomic mass is 10.0. The van der Waals surface area contributed by atoms with Crippen LogP contribution in [-0.2, 0) is 9.59 Å². The fourth-order valence-corrected chi connectivity index (χ4v) is 2.62. The first-order chi connectivity index (χ1) is 11.7. The molecular weight excluding hydrogens is 304 g/mol. The number of imide groups is 1. The molecule has 5 heteroatoms. The molecule has 2 aromatic rings. The van der Waals surface area contributed by atoms with Gasteiger partial charge in [0.1, 0.15) is 5.75 Å². The van der Waals surface area contributed by atoms with Crippen LogP contribution in [0.3, 0.4) is 0 Å². The molecule has 0 radical (unpaired) electrons. The molecule has 1 saturated heterocycles. The molecule has 24 heavy (non-hydrogen) atoms. The normalized spacial score (nSPS) is 13.6. The Bertz CT molecular complexity index is 789. The van der Waals surface area contributed by atoms with E-state index in [0.29, 0.717) is 24.3 Å². The maximum atomic E-state index is 11.9. The van der Waals surface area contributed by atoms with E-state index in [9.17, 15) is 9.59 Å². The minimum absolute atomic E-state index is 0.125. The molecule has 0 spiro atoms. The molecule has 0 atom stereocenters. The highest BCUT2D eigenvalue weighted by atomic mass is 16.5. The predicted molar refractivity (Wildman–Crippen MR) is 88.0 cm³/mol. The SMILES string of the molecule is N#Cc1ccc(-c2ccc(OCC(=O)N3CCCC3=O)cc2)cc1. The second kappa shape index (κ2) is 6.97. The van der Waals surface area contributed by atoms with Crippen molar-refractivity contribution >= 4 is 11.8 Å². The van der Waals surface area contributed by atoms with E-state index in [-0.39, 0.29) is 18.4 Å². The second-order valence-corrected chi connectivity index (χ2v) is 5.54. The molecule has 3 rings (SSSR count). The van der Waals surface area contributed by atoms with Gasteiger partial charge in [0.05, 0.1) is 11.6 Å². The zero-order valence-corrected chi connectivity index (χ0v) is 13.1. The summed E-state index contributed by atoms with van der Waals surface area (Å²) in [5.41, 5.74) is 2.61. The molecule has 2 amide bonds. The highest BCUT2D eigenvalue weighted by molar-refractivity contribution is 5.97. The number of likely N-dealkylation sites (tertiary alicyclic amines) is 1. The third-order valence-electron chi connectivity index (χ3n) is 3.94. The summed E-state index contributed by atoms with van der Waals surface area (Å²) in [4.78, 5) is 24.7. The molecule has 1 aliphatic heterocycles. The molecule has 1 heterocycles. The summed E-state index contributed by atoms with van der Waals surface area (Å²) in [6.45, 7) is 0.348. The van der Waals surface area contributed by atoms with Gasteiger partial charge in [-0.2, -0.15) is 5.26 Å². The number of ether oxygens (including phenoxy) is 1. The van der Waals surface area contributed by atoms with Crippen LogP contribution >= 0.6 is 0 Å². The molecule has 0 aromatic heterocycles. The number of benzene rings is 2. The number of amides is 2. The molecule has 1 fully saturated rings. The third kappa shape index (κ3) is 3.44. The van der Waals surface area contributed by atoms with Crippen LogP contribution in [0.2, 0.25) is 0 Å². The smallest absolute Gasteiger partial charge is 0.267 e. The van der Waals surface area contributed by atoms with E-state index >= 15 is 0 Å². The molecule has 120 valence electrons. The van der Waals surface area contributed by atoms with Crippen molar-refractivity contribution in [3.63, 3.8) is 0 Å². The van der Waals surface area contributed by atoms with Crippen molar-refractivity contribution in [1.82, 2.24) is 4.90 Å². The Hall–Kier alpha value is -3.13. The lowest BCUT2D eigenvalue weighted by Crippen LogP contribution is -2.35. The molecule has 1 aliphatic rings. The van der Waals surface area contributed by atoms with Gasteiger partial charge in [0.15, 0.2) is 6.61 Å². The molecule has 2 aromatic carbocycles. The minimum Gasteiger partial charge on any atom is -0.484 e. The van der Waals surface area contributed by atoms with E-state index in [1.54, 1.807) is 24.3 Å². The fraction of sp³-hybridized carbons (Fsp3) is 0.211. The average Bonchev–Trinajstić information content (AvgIpc) is 3.06. The Morgan fingerprint density at radius 3 is 2.25 bits per heavy atom. The molecule has 0 bridgehead atoms. The Morgan fingerprint density at radius 2 is 1.71 bits per heavy atom. The molecule has 5 nitrogen and oxygen atoms in total. The van der Waals surface area contributed by atoms with Crippen LogP contribution in [0.25, 0.3) is 11.1 Å².